The van der Waals surface area contributed by atoms with Crippen molar-refractivity contribution in [2.45, 2.75) is 63.5 Å². The summed E-state index contributed by atoms with van der Waals surface area (Å²) in [6, 6.07) is 7.47. The Morgan fingerprint density at radius 2 is 1.94 bits per heavy atom. The number of anilines is 2. The molecule has 2 fully saturated rings. The first kappa shape index (κ1) is 24.5. The number of nitrogens with one attached hydrogen (secondary N) is 1. The van der Waals surface area contributed by atoms with Gasteiger partial charge in [-0.05, 0) is 61.8 Å². The van der Waals surface area contributed by atoms with E-state index >= 15 is 0 Å². The van der Waals surface area contributed by atoms with E-state index in [0.717, 1.165) is 25.7 Å². The second-order valence-electron chi connectivity index (χ2n) is 9.52. The topological polar surface area (TPSA) is 137 Å². The van der Waals surface area contributed by atoms with Gasteiger partial charge >= 0.3 is 6.09 Å². The summed E-state index contributed by atoms with van der Waals surface area (Å²) in [4.78, 5) is 25.7. The molecule has 1 aromatic heterocycles. The first-order valence-corrected chi connectivity index (χ1v) is 12.2. The van der Waals surface area contributed by atoms with Crippen molar-refractivity contribution in [1.29, 1.82) is 5.26 Å². The maximum absolute atomic E-state index is 13.3. The Bertz CT molecular complexity index is 1090. The summed E-state index contributed by atoms with van der Waals surface area (Å²) in [6.45, 7) is 0.410. The van der Waals surface area contributed by atoms with Crippen LogP contribution in [0.25, 0.3) is 0 Å². The molecule has 2 aromatic rings. The number of aromatic nitrogens is 2. The number of nitrogens with zero attached hydrogens (tertiary/aromatic N) is 4. The SMILES string of the molecule is N#CC[C@H](C1CCN(C(=O)O)C(C2CCCCC2)C1)n1cc(C(N)=O)c(Nc2ccc(F)cc2)n1. The molecule has 0 spiro atoms. The van der Waals surface area contributed by atoms with Crippen molar-refractivity contribution in [2.75, 3.05) is 11.9 Å². The third-order valence-corrected chi connectivity index (χ3v) is 7.41. The number of benzene rings is 1. The van der Waals surface area contributed by atoms with E-state index in [1.165, 1.54) is 30.7 Å². The van der Waals surface area contributed by atoms with Gasteiger partial charge in [-0.3, -0.25) is 9.48 Å². The minimum Gasteiger partial charge on any atom is -0.465 e. The molecule has 1 aliphatic heterocycles. The zero-order chi connectivity index (χ0) is 24.9. The second kappa shape index (κ2) is 10.8. The lowest BCUT2D eigenvalue weighted by atomic mass is 9.75. The largest absolute Gasteiger partial charge is 0.465 e. The first-order chi connectivity index (χ1) is 16.9. The fraction of sp³-hybridized carbons (Fsp3) is 0.520. The fourth-order valence-corrected chi connectivity index (χ4v) is 5.65. The standard InChI is InChI=1S/C25H31FN6O3/c26-18-6-8-19(9-7-18)29-24-20(23(28)33)15-32(30-24)21(10-12-27)17-11-13-31(25(34)35)22(14-17)16-4-2-1-3-5-16/h6-9,15-17,21-22H,1-5,10-11,13-14H2,(H2,28,33)(H,29,30)(H,34,35)/t17?,21-,22?/m1/s1. The van der Waals surface area contributed by atoms with Crippen LogP contribution < -0.4 is 11.1 Å². The van der Waals surface area contributed by atoms with Gasteiger partial charge in [0.05, 0.1) is 18.5 Å². The van der Waals surface area contributed by atoms with E-state index in [9.17, 15) is 24.3 Å². The molecular weight excluding hydrogens is 451 g/mol. The molecule has 1 aromatic carbocycles. The lowest BCUT2D eigenvalue weighted by Gasteiger charge is -2.44. The highest BCUT2D eigenvalue weighted by molar-refractivity contribution is 5.98. The van der Waals surface area contributed by atoms with Crippen molar-refractivity contribution in [3.05, 3.63) is 41.8 Å². The quantitative estimate of drug-likeness (QED) is 0.525. The number of piperidine rings is 1. The van der Waals surface area contributed by atoms with E-state index in [1.807, 2.05) is 0 Å². The number of halogens is 1. The average Bonchev–Trinajstić information content (AvgIpc) is 3.28. The van der Waals surface area contributed by atoms with Crippen molar-refractivity contribution in [3.8, 4) is 6.07 Å². The molecule has 0 radical (unpaired) electrons. The summed E-state index contributed by atoms with van der Waals surface area (Å²) in [5.41, 5.74) is 6.32. The Morgan fingerprint density at radius 1 is 1.23 bits per heavy atom. The van der Waals surface area contributed by atoms with Crippen LogP contribution in [0.1, 0.15) is 67.8 Å². The molecule has 186 valence electrons. The molecule has 0 bridgehead atoms. The minimum absolute atomic E-state index is 0.0245. The molecule has 9 nitrogen and oxygen atoms in total. The number of likely N-dealkylation sites (tertiary alicyclic amines) is 1. The van der Waals surface area contributed by atoms with Gasteiger partial charge in [0.1, 0.15) is 11.4 Å². The van der Waals surface area contributed by atoms with Gasteiger partial charge in [-0.15, -0.1) is 0 Å². The van der Waals surface area contributed by atoms with Crippen molar-refractivity contribution in [2.24, 2.45) is 17.6 Å². The predicted octanol–water partition coefficient (Wildman–Crippen LogP) is 4.66. The monoisotopic (exact) mass is 482 g/mol. The lowest BCUT2D eigenvalue weighted by molar-refractivity contribution is 0.0406. The van der Waals surface area contributed by atoms with E-state index in [4.69, 9.17) is 5.73 Å². The molecule has 1 saturated heterocycles. The van der Waals surface area contributed by atoms with Crippen molar-refractivity contribution >= 4 is 23.5 Å². The van der Waals surface area contributed by atoms with Crippen LogP contribution in [0.4, 0.5) is 20.7 Å². The molecule has 4 N–H and O–H groups in total. The third-order valence-electron chi connectivity index (χ3n) is 7.41. The van der Waals surface area contributed by atoms with Crippen LogP contribution in [0, 0.1) is 29.0 Å². The molecule has 35 heavy (non-hydrogen) atoms. The van der Waals surface area contributed by atoms with E-state index < -0.39 is 12.0 Å². The Kier molecular flexibility index (Phi) is 7.54. The van der Waals surface area contributed by atoms with Gasteiger partial charge in [-0.2, -0.15) is 10.4 Å². The summed E-state index contributed by atoms with van der Waals surface area (Å²) >= 11 is 0. The van der Waals surface area contributed by atoms with Crippen molar-refractivity contribution < 1.29 is 19.1 Å². The van der Waals surface area contributed by atoms with Crippen LogP contribution in [-0.2, 0) is 0 Å². The molecule has 1 aliphatic carbocycles. The van der Waals surface area contributed by atoms with Gasteiger partial charge in [0, 0.05) is 24.5 Å². The van der Waals surface area contributed by atoms with Gasteiger partial charge in [0.25, 0.3) is 5.91 Å². The van der Waals surface area contributed by atoms with Crippen LogP contribution in [-0.4, -0.2) is 44.4 Å². The number of carbonyl (C=O) groups excluding carboxylic acids is 1. The smallest absolute Gasteiger partial charge is 0.407 e. The van der Waals surface area contributed by atoms with Gasteiger partial charge < -0.3 is 21.1 Å². The molecule has 1 saturated carbocycles. The summed E-state index contributed by atoms with van der Waals surface area (Å²) in [5, 5.41) is 27.0. The van der Waals surface area contributed by atoms with Crippen molar-refractivity contribution in [3.63, 3.8) is 0 Å². The molecule has 3 atom stereocenters. The van der Waals surface area contributed by atoms with Gasteiger partial charge in [0.2, 0.25) is 0 Å². The number of amides is 2. The number of carboxylic acid groups (broad SMARTS) is 1. The Morgan fingerprint density at radius 3 is 2.57 bits per heavy atom. The fourth-order valence-electron chi connectivity index (χ4n) is 5.65. The lowest BCUT2D eigenvalue weighted by Crippen LogP contribution is -2.50. The summed E-state index contributed by atoms with van der Waals surface area (Å²) in [6.07, 6.45) is 7.53. The number of carbonyl (C=O) groups is 2. The van der Waals surface area contributed by atoms with E-state index in [2.05, 4.69) is 16.5 Å². The number of hydrogen-bond acceptors (Lipinski definition) is 5. The maximum atomic E-state index is 13.3. The summed E-state index contributed by atoms with van der Waals surface area (Å²) in [5.74, 6) is -0.474. The molecule has 2 aliphatic rings. The van der Waals surface area contributed by atoms with Crippen LogP contribution in [0.15, 0.2) is 30.5 Å². The molecular formula is C25H31FN6O3. The van der Waals surface area contributed by atoms with Gasteiger partial charge in [-0.25, -0.2) is 9.18 Å². The van der Waals surface area contributed by atoms with E-state index in [0.29, 0.717) is 31.0 Å². The average molecular weight is 483 g/mol. The summed E-state index contributed by atoms with van der Waals surface area (Å²) in [7, 11) is 0. The molecule has 2 heterocycles. The third kappa shape index (κ3) is 5.56. The van der Waals surface area contributed by atoms with Crippen LogP contribution in [0.2, 0.25) is 0 Å². The number of hydrogen-bond donors (Lipinski definition) is 3. The Balaban J connectivity index is 1.61. The van der Waals surface area contributed by atoms with Crippen LogP contribution >= 0.6 is 0 Å². The summed E-state index contributed by atoms with van der Waals surface area (Å²) < 4.78 is 14.9. The highest BCUT2D eigenvalue weighted by atomic mass is 19.1. The Hall–Kier alpha value is -3.61. The molecule has 4 rings (SSSR count). The van der Waals surface area contributed by atoms with E-state index in [1.54, 1.807) is 15.8 Å². The van der Waals surface area contributed by atoms with Crippen LogP contribution in [0.5, 0.6) is 0 Å². The zero-order valence-corrected chi connectivity index (χ0v) is 19.6. The highest BCUT2D eigenvalue weighted by Gasteiger charge is 2.40. The number of nitriles is 1. The Labute approximate surface area is 203 Å². The zero-order valence-electron chi connectivity index (χ0n) is 19.6. The number of rotatable bonds is 7. The molecule has 2 unspecified atom stereocenters. The van der Waals surface area contributed by atoms with E-state index in [-0.39, 0.29) is 41.6 Å². The highest BCUT2D eigenvalue weighted by Crippen LogP contribution is 2.40. The molecule has 10 heteroatoms. The van der Waals surface area contributed by atoms with Crippen LogP contribution in [0.3, 0.4) is 0 Å². The second-order valence-corrected chi connectivity index (χ2v) is 9.52. The number of nitrogens with two attached hydrogens (primary N) is 1. The van der Waals surface area contributed by atoms with Gasteiger partial charge in [0.15, 0.2) is 5.82 Å². The number of primary amides is 1. The normalized spacial score (nSPS) is 21.8. The van der Waals surface area contributed by atoms with Crippen molar-refractivity contribution in [1.82, 2.24) is 14.7 Å². The predicted molar refractivity (Wildman–Crippen MR) is 128 cm³/mol. The first-order valence-electron chi connectivity index (χ1n) is 12.2. The van der Waals surface area contributed by atoms with Gasteiger partial charge in [-0.1, -0.05) is 19.3 Å². The molecule has 2 amide bonds. The minimum atomic E-state index is -0.892. The maximum Gasteiger partial charge on any atom is 0.407 e.